The van der Waals surface area contributed by atoms with E-state index >= 15 is 0 Å². The zero-order valence-corrected chi connectivity index (χ0v) is 34.1. The van der Waals surface area contributed by atoms with Crippen LogP contribution in [0.3, 0.4) is 0 Å². The normalized spacial score (nSPS) is 12.9. The maximum atomic E-state index is 6.60. The molecule has 0 N–H and O–H groups in total. The Morgan fingerprint density at radius 2 is 0.967 bits per heavy atom. The van der Waals surface area contributed by atoms with Crippen molar-refractivity contribution >= 4 is 60.5 Å². The first-order chi connectivity index (χ1) is 30.0. The Hall–Kier alpha value is -7.68. The summed E-state index contributed by atoms with van der Waals surface area (Å²) in [5.74, 6) is 0. The number of hydrogen-bond donors (Lipinski definition) is 0. The lowest BCUT2D eigenvalue weighted by Gasteiger charge is -2.31. The molecule has 288 valence electrons. The summed E-state index contributed by atoms with van der Waals surface area (Å²) in [6.45, 7) is 4.72. The molecule has 0 spiro atoms. The molecule has 2 nitrogen and oxygen atoms in total. The Labute approximate surface area is 355 Å². The van der Waals surface area contributed by atoms with Crippen LogP contribution < -0.4 is 4.90 Å². The number of nitrogens with zero attached hydrogens (tertiary/aromatic N) is 1. The van der Waals surface area contributed by atoms with Gasteiger partial charge in [-0.05, 0) is 114 Å². The molecule has 11 aromatic rings. The Morgan fingerprint density at radius 1 is 0.361 bits per heavy atom. The van der Waals surface area contributed by atoms with Crippen LogP contribution in [-0.2, 0) is 5.41 Å². The maximum Gasteiger partial charge on any atom is 0.137 e. The van der Waals surface area contributed by atoms with Crippen molar-refractivity contribution < 1.29 is 4.42 Å². The molecular formula is C59H41NO. The number of furan rings is 1. The number of rotatable bonds is 6. The van der Waals surface area contributed by atoms with Crippen LogP contribution in [0.5, 0.6) is 0 Å². The zero-order valence-electron chi connectivity index (χ0n) is 34.1. The van der Waals surface area contributed by atoms with Crippen molar-refractivity contribution in [1.82, 2.24) is 0 Å². The van der Waals surface area contributed by atoms with Gasteiger partial charge in [0.05, 0.1) is 5.69 Å². The average Bonchev–Trinajstić information content (AvgIpc) is 3.80. The van der Waals surface area contributed by atoms with Gasteiger partial charge in [0, 0.05) is 39.2 Å². The van der Waals surface area contributed by atoms with E-state index in [2.05, 4.69) is 225 Å². The largest absolute Gasteiger partial charge is 0.456 e. The molecule has 1 aromatic heterocycles. The molecule has 0 fully saturated rings. The molecule has 1 aliphatic rings. The lowest BCUT2D eigenvalue weighted by Crippen LogP contribution is -2.17. The Morgan fingerprint density at radius 3 is 1.82 bits per heavy atom. The SMILES string of the molecule is CC1(C)c2ccccc2-c2ccc(N(c3ccc4c(c3)oc3ccccc34)c3cccc(-c4ccc(-c5ccccc5)cc4)c3-c3cc4ccccc4c4ccccc34)cc21. The highest BCUT2D eigenvalue weighted by atomic mass is 16.3. The highest BCUT2D eigenvalue weighted by molar-refractivity contribution is 6.17. The molecule has 0 atom stereocenters. The van der Waals surface area contributed by atoms with Crippen LogP contribution >= 0.6 is 0 Å². The van der Waals surface area contributed by atoms with Crippen LogP contribution in [0.1, 0.15) is 25.0 Å². The number of benzene rings is 10. The van der Waals surface area contributed by atoms with E-state index in [9.17, 15) is 0 Å². The van der Waals surface area contributed by atoms with E-state index in [1.165, 1.54) is 71.6 Å². The monoisotopic (exact) mass is 779 g/mol. The molecule has 0 radical (unpaired) electrons. The standard InChI is InChI=1S/C59H41NO/c1-59(2)53-24-12-10-21-48(53)49-33-31-42(36-54(49)59)60(43-32-34-51-50-22-11-13-26-56(50)61-57(51)37-43)55-25-14-23-45(40-29-27-39(28-30-40)38-15-4-3-5-16-38)58(55)52-35-41-17-6-7-18-44(41)46-19-8-9-20-47(46)52/h3-37H,1-2H3. The van der Waals surface area contributed by atoms with Gasteiger partial charge in [-0.25, -0.2) is 0 Å². The van der Waals surface area contributed by atoms with E-state index in [1.54, 1.807) is 0 Å². The lowest BCUT2D eigenvalue weighted by molar-refractivity contribution is 0.660. The third-order valence-corrected chi connectivity index (χ3v) is 13.1. The second kappa shape index (κ2) is 13.7. The van der Waals surface area contributed by atoms with Crippen molar-refractivity contribution in [2.75, 3.05) is 4.90 Å². The molecule has 61 heavy (non-hydrogen) atoms. The first kappa shape index (κ1) is 35.3. The van der Waals surface area contributed by atoms with Crippen LogP contribution in [0.4, 0.5) is 17.1 Å². The van der Waals surface area contributed by atoms with Gasteiger partial charge in [-0.3, -0.25) is 0 Å². The Kier molecular flexibility index (Phi) is 7.92. The van der Waals surface area contributed by atoms with E-state index < -0.39 is 0 Å². The number of anilines is 3. The summed E-state index contributed by atoms with van der Waals surface area (Å²) in [5.41, 5.74) is 17.2. The van der Waals surface area contributed by atoms with E-state index in [0.717, 1.165) is 44.6 Å². The zero-order chi connectivity index (χ0) is 40.7. The molecule has 10 aromatic carbocycles. The number of para-hydroxylation sites is 1. The van der Waals surface area contributed by atoms with Gasteiger partial charge in [-0.1, -0.05) is 178 Å². The minimum Gasteiger partial charge on any atom is -0.456 e. The van der Waals surface area contributed by atoms with E-state index in [-0.39, 0.29) is 5.41 Å². The molecule has 12 rings (SSSR count). The van der Waals surface area contributed by atoms with Crippen molar-refractivity contribution in [3.63, 3.8) is 0 Å². The van der Waals surface area contributed by atoms with Gasteiger partial charge in [0.15, 0.2) is 0 Å². The van der Waals surface area contributed by atoms with Gasteiger partial charge in [-0.2, -0.15) is 0 Å². The second-order valence-electron chi connectivity index (χ2n) is 16.8. The first-order valence-electron chi connectivity index (χ1n) is 21.2. The molecule has 0 unspecified atom stereocenters. The van der Waals surface area contributed by atoms with Crippen LogP contribution in [-0.4, -0.2) is 0 Å². The minimum atomic E-state index is -0.171. The van der Waals surface area contributed by atoms with Gasteiger partial charge in [0.2, 0.25) is 0 Å². The fourth-order valence-electron chi connectivity index (χ4n) is 10.1. The minimum absolute atomic E-state index is 0.171. The maximum absolute atomic E-state index is 6.60. The van der Waals surface area contributed by atoms with Crippen molar-refractivity contribution in [1.29, 1.82) is 0 Å². The molecule has 0 saturated heterocycles. The summed E-state index contributed by atoms with van der Waals surface area (Å²) in [6.07, 6.45) is 0. The van der Waals surface area contributed by atoms with Crippen LogP contribution in [0.25, 0.3) is 88.0 Å². The van der Waals surface area contributed by atoms with Gasteiger partial charge in [0.25, 0.3) is 0 Å². The van der Waals surface area contributed by atoms with Crippen molar-refractivity contribution in [3.8, 4) is 44.5 Å². The Balaban J connectivity index is 1.16. The first-order valence-corrected chi connectivity index (χ1v) is 21.2. The van der Waals surface area contributed by atoms with Gasteiger partial charge < -0.3 is 9.32 Å². The molecule has 1 heterocycles. The summed E-state index contributed by atoms with van der Waals surface area (Å²) in [7, 11) is 0. The molecule has 2 heteroatoms. The van der Waals surface area contributed by atoms with E-state index in [4.69, 9.17) is 4.42 Å². The third kappa shape index (κ3) is 5.56. The van der Waals surface area contributed by atoms with Gasteiger partial charge in [-0.15, -0.1) is 0 Å². The number of hydrogen-bond acceptors (Lipinski definition) is 2. The highest BCUT2D eigenvalue weighted by Crippen LogP contribution is 2.53. The predicted octanol–water partition coefficient (Wildman–Crippen LogP) is 16.7. The molecule has 1 aliphatic carbocycles. The average molecular weight is 780 g/mol. The van der Waals surface area contributed by atoms with Crippen molar-refractivity contribution in [2.45, 2.75) is 19.3 Å². The molecule has 0 amide bonds. The van der Waals surface area contributed by atoms with Crippen LogP contribution in [0.2, 0.25) is 0 Å². The fraction of sp³-hybridized carbons (Fsp3) is 0.0508. The van der Waals surface area contributed by atoms with Gasteiger partial charge >= 0.3 is 0 Å². The molecule has 0 saturated carbocycles. The van der Waals surface area contributed by atoms with Crippen molar-refractivity contribution in [3.05, 3.63) is 223 Å². The summed E-state index contributed by atoms with van der Waals surface area (Å²) in [6, 6.07) is 77.6. The predicted molar refractivity (Wildman–Crippen MR) is 257 cm³/mol. The second-order valence-corrected chi connectivity index (χ2v) is 16.8. The Bertz CT molecular complexity index is 3500. The summed E-state index contributed by atoms with van der Waals surface area (Å²) >= 11 is 0. The molecule has 0 aliphatic heterocycles. The number of fused-ring (bicyclic) bond motifs is 9. The topological polar surface area (TPSA) is 16.4 Å². The smallest absolute Gasteiger partial charge is 0.137 e. The van der Waals surface area contributed by atoms with Crippen LogP contribution in [0, 0.1) is 0 Å². The lowest BCUT2D eigenvalue weighted by atomic mass is 9.82. The fourth-order valence-corrected chi connectivity index (χ4v) is 10.1. The third-order valence-electron chi connectivity index (χ3n) is 13.1. The van der Waals surface area contributed by atoms with Gasteiger partial charge in [0.1, 0.15) is 11.2 Å². The van der Waals surface area contributed by atoms with Crippen molar-refractivity contribution in [2.24, 2.45) is 0 Å². The van der Waals surface area contributed by atoms with E-state index in [1.807, 2.05) is 6.07 Å². The van der Waals surface area contributed by atoms with E-state index in [0.29, 0.717) is 0 Å². The van der Waals surface area contributed by atoms with Crippen LogP contribution in [0.15, 0.2) is 217 Å². The quantitative estimate of drug-likeness (QED) is 0.156. The molecule has 0 bridgehead atoms. The summed E-state index contributed by atoms with van der Waals surface area (Å²) < 4.78 is 6.60. The summed E-state index contributed by atoms with van der Waals surface area (Å²) in [4.78, 5) is 2.47. The molecular weight excluding hydrogens is 739 g/mol. The highest BCUT2D eigenvalue weighted by Gasteiger charge is 2.36. The summed E-state index contributed by atoms with van der Waals surface area (Å²) in [5, 5.41) is 7.15.